The normalized spacial score (nSPS) is 52.4. The highest BCUT2D eigenvalue weighted by molar-refractivity contribution is 5.28. The van der Waals surface area contributed by atoms with Crippen molar-refractivity contribution in [2.24, 2.45) is 34.5 Å². The maximum Gasteiger partial charge on any atom is -0.00851 e. The van der Waals surface area contributed by atoms with Crippen molar-refractivity contribution in [3.8, 4) is 0 Å². The van der Waals surface area contributed by atoms with E-state index >= 15 is 0 Å². The Bertz CT molecular complexity index is 510. The van der Waals surface area contributed by atoms with Crippen LogP contribution in [-0.4, -0.2) is 0 Å². The summed E-state index contributed by atoms with van der Waals surface area (Å²) in [6, 6.07) is 0. The Balaban J connectivity index is 1.68. The molecule has 0 heterocycles. The zero-order chi connectivity index (χ0) is 14.8. The standard InChI is InChI=1S/C21H32/c1-14-9-11-21(4)16(13-14)6-7-17-18-8-5-15(2)20(18,3)12-10-19(17)21/h5,13-14,17-19H,6-12H2,1-4H3/t14-,17?,18?,19?,20?,21?/m0/s1. The summed E-state index contributed by atoms with van der Waals surface area (Å²) >= 11 is 0. The average molecular weight is 284 g/mol. The molecular weight excluding hydrogens is 252 g/mol. The summed E-state index contributed by atoms with van der Waals surface area (Å²) in [5, 5.41) is 0. The van der Waals surface area contributed by atoms with E-state index in [2.05, 4.69) is 39.8 Å². The van der Waals surface area contributed by atoms with Gasteiger partial charge in [-0.25, -0.2) is 0 Å². The molecule has 2 saturated carbocycles. The minimum absolute atomic E-state index is 0.542. The van der Waals surface area contributed by atoms with Gasteiger partial charge in [0.1, 0.15) is 0 Å². The van der Waals surface area contributed by atoms with Crippen molar-refractivity contribution < 1.29 is 0 Å². The van der Waals surface area contributed by atoms with Gasteiger partial charge >= 0.3 is 0 Å². The molecule has 0 aliphatic heterocycles. The maximum atomic E-state index is 2.66. The van der Waals surface area contributed by atoms with E-state index in [1.54, 1.807) is 5.57 Å². The molecule has 0 nitrogen and oxygen atoms in total. The van der Waals surface area contributed by atoms with Crippen molar-refractivity contribution in [2.45, 2.75) is 72.6 Å². The van der Waals surface area contributed by atoms with Crippen LogP contribution >= 0.6 is 0 Å². The summed E-state index contributed by atoms with van der Waals surface area (Å²) in [5.41, 5.74) is 4.64. The largest absolute Gasteiger partial charge is 0.0847 e. The van der Waals surface area contributed by atoms with Crippen LogP contribution in [0.5, 0.6) is 0 Å². The lowest BCUT2D eigenvalue weighted by Gasteiger charge is -2.58. The molecule has 0 amide bonds. The Hall–Kier alpha value is -0.520. The van der Waals surface area contributed by atoms with Crippen LogP contribution in [0.4, 0.5) is 0 Å². The highest BCUT2D eigenvalue weighted by Crippen LogP contribution is 2.65. The fourth-order valence-electron chi connectivity index (χ4n) is 6.68. The lowest BCUT2D eigenvalue weighted by atomic mass is 9.46. The molecule has 0 aromatic heterocycles. The van der Waals surface area contributed by atoms with Crippen LogP contribution in [0.25, 0.3) is 0 Å². The summed E-state index contributed by atoms with van der Waals surface area (Å²) in [6.45, 7) is 10.0. The first kappa shape index (κ1) is 14.1. The van der Waals surface area contributed by atoms with Crippen molar-refractivity contribution in [3.63, 3.8) is 0 Å². The number of hydrogen-bond donors (Lipinski definition) is 0. The van der Waals surface area contributed by atoms with Gasteiger partial charge in [0.05, 0.1) is 0 Å². The SMILES string of the molecule is CC1=CCC2C3CCC4=C[C@@H](C)CCC4(C)C3CCC12C. The molecule has 4 aliphatic carbocycles. The van der Waals surface area contributed by atoms with Gasteiger partial charge in [-0.2, -0.15) is 0 Å². The lowest BCUT2D eigenvalue weighted by Crippen LogP contribution is -2.49. The molecule has 0 radical (unpaired) electrons. The molecule has 6 atom stereocenters. The summed E-state index contributed by atoms with van der Waals surface area (Å²) in [6.07, 6.45) is 15.3. The monoisotopic (exact) mass is 284 g/mol. The van der Waals surface area contributed by atoms with Crippen molar-refractivity contribution in [3.05, 3.63) is 23.3 Å². The summed E-state index contributed by atoms with van der Waals surface area (Å²) in [5.74, 6) is 3.75. The van der Waals surface area contributed by atoms with Crippen molar-refractivity contribution >= 4 is 0 Å². The van der Waals surface area contributed by atoms with Crippen LogP contribution in [0.15, 0.2) is 23.3 Å². The van der Waals surface area contributed by atoms with Gasteiger partial charge in [-0.3, -0.25) is 0 Å². The highest BCUT2D eigenvalue weighted by atomic mass is 14.6. The predicted molar refractivity (Wildman–Crippen MR) is 90.0 cm³/mol. The second kappa shape index (κ2) is 4.49. The molecule has 21 heavy (non-hydrogen) atoms. The molecule has 4 rings (SSSR count). The molecule has 0 aromatic carbocycles. The van der Waals surface area contributed by atoms with E-state index in [4.69, 9.17) is 0 Å². The van der Waals surface area contributed by atoms with E-state index in [0.29, 0.717) is 10.8 Å². The Labute approximate surface area is 131 Å². The molecule has 0 bridgehead atoms. The first-order chi connectivity index (χ1) is 9.95. The molecule has 0 N–H and O–H groups in total. The Morgan fingerprint density at radius 2 is 1.76 bits per heavy atom. The van der Waals surface area contributed by atoms with Gasteiger partial charge < -0.3 is 0 Å². The molecule has 4 aliphatic rings. The van der Waals surface area contributed by atoms with Gasteiger partial charge in [-0.1, -0.05) is 44.1 Å². The van der Waals surface area contributed by atoms with Crippen LogP contribution in [0.2, 0.25) is 0 Å². The fourth-order valence-corrected chi connectivity index (χ4v) is 6.68. The quantitative estimate of drug-likeness (QED) is 0.469. The van der Waals surface area contributed by atoms with Gasteiger partial charge in [0.15, 0.2) is 0 Å². The van der Waals surface area contributed by atoms with E-state index in [9.17, 15) is 0 Å². The number of allylic oxidation sites excluding steroid dienone is 4. The molecule has 0 aromatic rings. The van der Waals surface area contributed by atoms with E-state index in [0.717, 1.165) is 23.7 Å². The third kappa shape index (κ3) is 1.80. The van der Waals surface area contributed by atoms with Gasteiger partial charge in [0.2, 0.25) is 0 Å². The topological polar surface area (TPSA) is 0 Å². The van der Waals surface area contributed by atoms with Crippen molar-refractivity contribution in [1.82, 2.24) is 0 Å². The first-order valence-electron chi connectivity index (χ1n) is 9.33. The average Bonchev–Trinajstić information content (AvgIpc) is 2.76. The second-order valence-corrected chi connectivity index (χ2v) is 9.12. The second-order valence-electron chi connectivity index (χ2n) is 9.12. The smallest absolute Gasteiger partial charge is 0.00851 e. The zero-order valence-electron chi connectivity index (χ0n) is 14.4. The van der Waals surface area contributed by atoms with E-state index < -0.39 is 0 Å². The first-order valence-corrected chi connectivity index (χ1v) is 9.33. The van der Waals surface area contributed by atoms with Gasteiger partial charge in [0.25, 0.3) is 0 Å². The van der Waals surface area contributed by atoms with Crippen molar-refractivity contribution in [2.75, 3.05) is 0 Å². The Morgan fingerprint density at radius 1 is 1.00 bits per heavy atom. The minimum Gasteiger partial charge on any atom is -0.0847 e. The summed E-state index contributed by atoms with van der Waals surface area (Å²) in [7, 11) is 0. The van der Waals surface area contributed by atoms with E-state index in [1.165, 1.54) is 44.9 Å². The van der Waals surface area contributed by atoms with Gasteiger partial charge in [-0.05, 0) is 86.4 Å². The summed E-state index contributed by atoms with van der Waals surface area (Å²) in [4.78, 5) is 0. The Morgan fingerprint density at radius 3 is 2.57 bits per heavy atom. The molecular formula is C21H32. The zero-order valence-corrected chi connectivity index (χ0v) is 14.4. The molecule has 0 spiro atoms. The summed E-state index contributed by atoms with van der Waals surface area (Å²) < 4.78 is 0. The lowest BCUT2D eigenvalue weighted by molar-refractivity contribution is -0.0301. The predicted octanol–water partition coefficient (Wildman–Crippen LogP) is 6.14. The third-order valence-electron chi connectivity index (χ3n) is 8.31. The molecule has 0 heteroatoms. The number of hydrogen-bond acceptors (Lipinski definition) is 0. The van der Waals surface area contributed by atoms with Gasteiger partial charge in [-0.15, -0.1) is 0 Å². The molecule has 0 saturated heterocycles. The molecule has 5 unspecified atom stereocenters. The van der Waals surface area contributed by atoms with Crippen LogP contribution in [-0.2, 0) is 0 Å². The molecule has 116 valence electrons. The van der Waals surface area contributed by atoms with Crippen LogP contribution in [0, 0.1) is 34.5 Å². The maximum absolute atomic E-state index is 2.66. The van der Waals surface area contributed by atoms with E-state index in [1.807, 2.05) is 5.57 Å². The van der Waals surface area contributed by atoms with Crippen LogP contribution < -0.4 is 0 Å². The Kier molecular flexibility index (Phi) is 3.02. The highest BCUT2D eigenvalue weighted by Gasteiger charge is 2.56. The van der Waals surface area contributed by atoms with E-state index in [-0.39, 0.29) is 0 Å². The fraction of sp³-hybridized carbons (Fsp3) is 0.810. The minimum atomic E-state index is 0.542. The van der Waals surface area contributed by atoms with Gasteiger partial charge in [0, 0.05) is 0 Å². The van der Waals surface area contributed by atoms with Crippen LogP contribution in [0.1, 0.15) is 72.6 Å². The third-order valence-corrected chi connectivity index (χ3v) is 8.31. The molecule has 2 fully saturated rings. The van der Waals surface area contributed by atoms with Crippen LogP contribution in [0.3, 0.4) is 0 Å². The van der Waals surface area contributed by atoms with Crippen molar-refractivity contribution in [1.29, 1.82) is 0 Å². The number of rotatable bonds is 0. The number of fused-ring (bicyclic) bond motifs is 5.